The van der Waals surface area contributed by atoms with Gasteiger partial charge in [-0.2, -0.15) is 0 Å². The number of aryl methyl sites for hydroxylation is 1. The summed E-state index contributed by atoms with van der Waals surface area (Å²) in [5, 5.41) is 7.32. The van der Waals surface area contributed by atoms with Crippen LogP contribution in [0.25, 0.3) is 0 Å². The minimum atomic E-state index is 0.523. The van der Waals surface area contributed by atoms with Crippen molar-refractivity contribution in [3.05, 3.63) is 74.9 Å². The van der Waals surface area contributed by atoms with Crippen LogP contribution in [-0.2, 0) is 6.42 Å². The van der Waals surface area contributed by atoms with Crippen molar-refractivity contribution in [2.75, 3.05) is 18.4 Å². The van der Waals surface area contributed by atoms with Crippen molar-refractivity contribution in [2.45, 2.75) is 34.1 Å². The number of nitrogens with zero attached hydrogens (tertiary/aromatic N) is 1. The first-order chi connectivity index (χ1) is 13.8. The molecule has 0 atom stereocenters. The summed E-state index contributed by atoms with van der Waals surface area (Å²) in [7, 11) is 0. The summed E-state index contributed by atoms with van der Waals surface area (Å²) in [6.45, 7) is 10.3. The Kier molecular flexibility index (Phi) is 8.87. The maximum absolute atomic E-state index is 5.98. The fourth-order valence-corrected chi connectivity index (χ4v) is 3.39. The molecule has 3 rings (SSSR count). The zero-order valence-electron chi connectivity index (χ0n) is 17.5. The molecule has 0 fully saturated rings. The zero-order chi connectivity index (χ0) is 21.4. The molecule has 4 N–H and O–H groups in total. The lowest BCUT2D eigenvalue weighted by molar-refractivity contribution is 0.736. The molecule has 2 aromatic rings. The molecule has 6 heteroatoms. The van der Waals surface area contributed by atoms with Crippen molar-refractivity contribution in [1.29, 1.82) is 0 Å². The minimum absolute atomic E-state index is 0.523. The molecule has 0 saturated carbocycles. The molecule has 0 saturated heterocycles. The van der Waals surface area contributed by atoms with Crippen molar-refractivity contribution < 1.29 is 0 Å². The third kappa shape index (κ3) is 6.69. The number of rotatable bonds is 4. The Morgan fingerprint density at radius 3 is 2.38 bits per heavy atom. The van der Waals surface area contributed by atoms with Gasteiger partial charge in [-0.1, -0.05) is 61.3 Å². The van der Waals surface area contributed by atoms with Crippen LogP contribution in [0.4, 0.5) is 5.69 Å². The number of hydrogen-bond acceptors (Lipinski definition) is 4. The van der Waals surface area contributed by atoms with E-state index in [0.717, 1.165) is 25.5 Å². The molecule has 1 aliphatic heterocycles. The van der Waals surface area contributed by atoms with Crippen LogP contribution in [-0.4, -0.2) is 19.0 Å². The van der Waals surface area contributed by atoms with Crippen LogP contribution in [0.3, 0.4) is 0 Å². The van der Waals surface area contributed by atoms with Crippen LogP contribution in [0.5, 0.6) is 0 Å². The maximum Gasteiger partial charge on any atom is 0.196 e. The van der Waals surface area contributed by atoms with E-state index in [9.17, 15) is 0 Å². The highest BCUT2D eigenvalue weighted by Crippen LogP contribution is 2.29. The van der Waals surface area contributed by atoms with Crippen LogP contribution >= 0.6 is 23.2 Å². The van der Waals surface area contributed by atoms with Gasteiger partial charge in [0.1, 0.15) is 0 Å². The van der Waals surface area contributed by atoms with Gasteiger partial charge in [0.25, 0.3) is 0 Å². The van der Waals surface area contributed by atoms with Crippen molar-refractivity contribution in [3.63, 3.8) is 0 Å². The molecule has 1 aliphatic rings. The highest BCUT2D eigenvalue weighted by atomic mass is 35.5. The van der Waals surface area contributed by atoms with Crippen LogP contribution in [0.2, 0.25) is 10.0 Å². The summed E-state index contributed by atoms with van der Waals surface area (Å²) in [4.78, 5) is 4.19. The number of nitrogens with one attached hydrogen (secondary N) is 2. The van der Waals surface area contributed by atoms with E-state index in [-0.39, 0.29) is 0 Å². The van der Waals surface area contributed by atoms with E-state index in [1.165, 1.54) is 22.3 Å². The molecule has 0 aromatic heterocycles. The number of halogens is 2. The van der Waals surface area contributed by atoms with E-state index in [1.54, 1.807) is 24.4 Å². The number of para-hydroxylation sites is 1. The second kappa shape index (κ2) is 11.1. The van der Waals surface area contributed by atoms with Crippen molar-refractivity contribution in [1.82, 2.24) is 5.32 Å². The highest BCUT2D eigenvalue weighted by molar-refractivity contribution is 6.39. The van der Waals surface area contributed by atoms with Crippen LogP contribution in [0, 0.1) is 19.8 Å². The third-order valence-corrected chi connectivity index (χ3v) is 5.58. The smallest absolute Gasteiger partial charge is 0.196 e. The molecule has 1 heterocycles. The van der Waals surface area contributed by atoms with Gasteiger partial charge in [0, 0.05) is 6.54 Å². The molecule has 0 radical (unpaired) electrons. The Bertz CT molecular complexity index is 868. The Balaban J connectivity index is 0.000000207. The average molecular weight is 433 g/mol. The van der Waals surface area contributed by atoms with Crippen LogP contribution in [0.1, 0.15) is 30.5 Å². The van der Waals surface area contributed by atoms with Gasteiger partial charge in [-0.25, -0.2) is 0 Å². The van der Waals surface area contributed by atoms with Gasteiger partial charge in [-0.05, 0) is 66.8 Å². The van der Waals surface area contributed by atoms with Crippen molar-refractivity contribution in [2.24, 2.45) is 16.6 Å². The highest BCUT2D eigenvalue weighted by Gasteiger charge is 2.10. The summed E-state index contributed by atoms with van der Waals surface area (Å²) in [6, 6.07) is 11.8. The summed E-state index contributed by atoms with van der Waals surface area (Å²) in [6.07, 6.45) is 2.73. The predicted molar refractivity (Wildman–Crippen MR) is 127 cm³/mol. The van der Waals surface area contributed by atoms with E-state index in [0.29, 0.717) is 21.7 Å². The van der Waals surface area contributed by atoms with E-state index >= 15 is 0 Å². The first-order valence-electron chi connectivity index (χ1n) is 9.78. The van der Waals surface area contributed by atoms with E-state index in [4.69, 9.17) is 28.9 Å². The van der Waals surface area contributed by atoms with Crippen LogP contribution in [0.15, 0.2) is 53.2 Å². The summed E-state index contributed by atoms with van der Waals surface area (Å²) < 4.78 is 0. The molecule has 0 amide bonds. The quantitative estimate of drug-likeness (QED) is 0.579. The molecule has 0 bridgehead atoms. The van der Waals surface area contributed by atoms with Gasteiger partial charge < -0.3 is 16.4 Å². The number of guanidine groups is 1. The molecule has 29 heavy (non-hydrogen) atoms. The van der Waals surface area contributed by atoms with Gasteiger partial charge in [0.15, 0.2) is 5.96 Å². The van der Waals surface area contributed by atoms with Gasteiger partial charge >= 0.3 is 0 Å². The molecule has 2 aromatic carbocycles. The standard InChI is InChI=1S/C14H21N.C9H9Cl2N3/c1-10(2)14(9-15)8-13-7-5-6-11(3)12(13)4;10-6-2-1-3-7(11)8(6)14-9-12-4-5-13-9/h5-7,9-10H,8,15H2,1-4H3;1-3H,4-5H2,(H2,12,13,14)/b14-9-;. The Morgan fingerprint density at radius 1 is 1.17 bits per heavy atom. The number of benzene rings is 2. The van der Waals surface area contributed by atoms with Crippen molar-refractivity contribution in [3.8, 4) is 0 Å². The van der Waals surface area contributed by atoms with E-state index < -0.39 is 0 Å². The monoisotopic (exact) mass is 432 g/mol. The number of allylic oxidation sites excluding steroid dienone is 1. The van der Waals surface area contributed by atoms with Gasteiger partial charge in [0.05, 0.1) is 22.3 Å². The second-order valence-corrected chi connectivity index (χ2v) is 8.13. The Hall–Kier alpha value is -2.17. The van der Waals surface area contributed by atoms with Gasteiger partial charge in [0.2, 0.25) is 0 Å². The Labute approximate surface area is 184 Å². The number of aliphatic imine (C=N–C) groups is 1. The molecule has 156 valence electrons. The Morgan fingerprint density at radius 2 is 1.83 bits per heavy atom. The lowest BCUT2D eigenvalue weighted by Gasteiger charge is -2.13. The molecule has 0 spiro atoms. The van der Waals surface area contributed by atoms with Crippen LogP contribution < -0.4 is 16.4 Å². The van der Waals surface area contributed by atoms with Gasteiger partial charge in [-0.3, -0.25) is 4.99 Å². The van der Waals surface area contributed by atoms with E-state index in [2.05, 4.69) is 61.5 Å². The average Bonchev–Trinajstić information content (AvgIpc) is 3.19. The molecule has 0 unspecified atom stereocenters. The zero-order valence-corrected chi connectivity index (χ0v) is 19.0. The first-order valence-corrected chi connectivity index (χ1v) is 10.5. The normalized spacial score (nSPS) is 13.5. The first kappa shape index (κ1) is 23.1. The maximum atomic E-state index is 5.98. The lowest BCUT2D eigenvalue weighted by atomic mass is 9.93. The topological polar surface area (TPSA) is 62.4 Å². The SMILES string of the molecule is Cc1cccc(C/C(=C/N)C(C)C)c1C.Clc1cccc(Cl)c1NC1=NCCN1. The lowest BCUT2D eigenvalue weighted by Crippen LogP contribution is -2.26. The summed E-state index contributed by atoms with van der Waals surface area (Å²) >= 11 is 12.0. The molecule has 0 aliphatic carbocycles. The molecule has 4 nitrogen and oxygen atoms in total. The minimum Gasteiger partial charge on any atom is -0.405 e. The molecular formula is C23H30Cl2N4. The fourth-order valence-electron chi connectivity index (χ4n) is 2.90. The third-order valence-electron chi connectivity index (χ3n) is 4.95. The number of hydrogen-bond donors (Lipinski definition) is 3. The fraction of sp³-hybridized carbons (Fsp3) is 0.348. The summed E-state index contributed by atoms with van der Waals surface area (Å²) in [5.41, 5.74) is 11.8. The predicted octanol–water partition coefficient (Wildman–Crippen LogP) is 5.71. The molecular weight excluding hydrogens is 403 g/mol. The second-order valence-electron chi connectivity index (χ2n) is 7.31. The van der Waals surface area contributed by atoms with Crippen molar-refractivity contribution >= 4 is 34.8 Å². The number of anilines is 1. The van der Waals surface area contributed by atoms with Gasteiger partial charge in [-0.15, -0.1) is 0 Å². The number of nitrogens with two attached hydrogens (primary N) is 1. The van der Waals surface area contributed by atoms with E-state index in [1.807, 2.05) is 0 Å². The largest absolute Gasteiger partial charge is 0.405 e. The summed E-state index contributed by atoms with van der Waals surface area (Å²) in [5.74, 6) is 1.25.